The summed E-state index contributed by atoms with van der Waals surface area (Å²) in [5.74, 6) is 2.33. The van der Waals surface area contributed by atoms with Gasteiger partial charge in [0.15, 0.2) is 0 Å². The van der Waals surface area contributed by atoms with Crippen LogP contribution in [-0.2, 0) is 6.42 Å². The molecule has 3 heterocycles. The van der Waals surface area contributed by atoms with Crippen LogP contribution in [0.4, 0.5) is 5.69 Å². The van der Waals surface area contributed by atoms with Gasteiger partial charge in [-0.25, -0.2) is 4.98 Å². The fraction of sp³-hybridized carbons (Fsp3) is 0.296. The minimum absolute atomic E-state index is 0.660. The third-order valence-electron chi connectivity index (χ3n) is 6.40. The minimum Gasteiger partial charge on any atom is -0.496 e. The molecule has 0 N–H and O–H groups in total. The van der Waals surface area contributed by atoms with Crippen LogP contribution in [0.15, 0.2) is 66.9 Å². The standard InChI is InChI=1S/C27H28ClN3O2/c1-32-25-7-2-8-26-24(25)19-20(23-6-3-13-29-27(23)33-26)5-4-14-30-15-17-31(18-16-30)22-11-9-21(28)10-12-22/h2-3,5-13H,4,14-19H2,1H3/b20-5-. The monoisotopic (exact) mass is 461 g/mol. The average Bonchev–Trinajstić information content (AvgIpc) is 3.01. The highest BCUT2D eigenvalue weighted by molar-refractivity contribution is 6.30. The van der Waals surface area contributed by atoms with Gasteiger partial charge in [-0.15, -0.1) is 0 Å². The quantitative estimate of drug-likeness (QED) is 0.488. The van der Waals surface area contributed by atoms with Crippen molar-refractivity contribution in [1.82, 2.24) is 9.88 Å². The van der Waals surface area contributed by atoms with Gasteiger partial charge in [0.2, 0.25) is 5.88 Å². The first-order valence-corrected chi connectivity index (χ1v) is 11.8. The number of hydrogen-bond donors (Lipinski definition) is 0. The zero-order valence-electron chi connectivity index (χ0n) is 18.8. The lowest BCUT2D eigenvalue weighted by molar-refractivity contribution is 0.262. The number of aromatic nitrogens is 1. The van der Waals surface area contributed by atoms with Crippen molar-refractivity contribution in [3.63, 3.8) is 0 Å². The lowest BCUT2D eigenvalue weighted by atomic mass is 9.97. The van der Waals surface area contributed by atoms with Gasteiger partial charge in [0, 0.05) is 67.2 Å². The van der Waals surface area contributed by atoms with E-state index in [2.05, 4.69) is 39.1 Å². The number of benzene rings is 2. The van der Waals surface area contributed by atoms with Crippen LogP contribution in [0.1, 0.15) is 17.5 Å². The number of rotatable bonds is 5. The number of nitrogens with zero attached hydrogens (tertiary/aromatic N) is 3. The largest absolute Gasteiger partial charge is 0.496 e. The van der Waals surface area contributed by atoms with Gasteiger partial charge in [0.1, 0.15) is 11.5 Å². The third-order valence-corrected chi connectivity index (χ3v) is 6.65. The maximum atomic E-state index is 6.18. The molecule has 1 aromatic heterocycles. The SMILES string of the molecule is COc1cccc2c1C/C(=C/CCN1CCN(c3ccc(Cl)cc3)CC1)c1cccnc1O2. The van der Waals surface area contributed by atoms with E-state index in [1.807, 2.05) is 36.4 Å². The summed E-state index contributed by atoms with van der Waals surface area (Å²) in [5, 5.41) is 0.784. The van der Waals surface area contributed by atoms with Crippen LogP contribution in [0.2, 0.25) is 5.02 Å². The van der Waals surface area contributed by atoms with Crippen LogP contribution in [0.25, 0.3) is 5.57 Å². The lowest BCUT2D eigenvalue weighted by Crippen LogP contribution is -2.46. The van der Waals surface area contributed by atoms with Crippen molar-refractivity contribution in [3.05, 3.63) is 83.0 Å². The van der Waals surface area contributed by atoms with Crippen molar-refractivity contribution in [2.45, 2.75) is 12.8 Å². The molecule has 1 fully saturated rings. The van der Waals surface area contributed by atoms with Crippen LogP contribution >= 0.6 is 11.6 Å². The summed E-state index contributed by atoms with van der Waals surface area (Å²) in [6.45, 7) is 5.22. The summed E-state index contributed by atoms with van der Waals surface area (Å²) in [7, 11) is 1.71. The van der Waals surface area contributed by atoms with Gasteiger partial charge in [-0.3, -0.25) is 4.90 Å². The molecule has 0 saturated carbocycles. The number of halogens is 1. The zero-order chi connectivity index (χ0) is 22.6. The summed E-state index contributed by atoms with van der Waals surface area (Å²) in [6, 6.07) is 18.1. The number of hydrogen-bond acceptors (Lipinski definition) is 5. The van der Waals surface area contributed by atoms with Gasteiger partial charge in [-0.1, -0.05) is 23.7 Å². The van der Waals surface area contributed by atoms with E-state index in [1.165, 1.54) is 11.3 Å². The lowest BCUT2D eigenvalue weighted by Gasteiger charge is -2.36. The van der Waals surface area contributed by atoms with Crippen molar-refractivity contribution >= 4 is 22.9 Å². The van der Waals surface area contributed by atoms with Gasteiger partial charge >= 0.3 is 0 Å². The molecule has 0 spiro atoms. The Labute approximate surface area is 200 Å². The molecule has 33 heavy (non-hydrogen) atoms. The number of allylic oxidation sites excluding steroid dienone is 1. The second-order valence-corrected chi connectivity index (χ2v) is 8.83. The second kappa shape index (κ2) is 9.86. The van der Waals surface area contributed by atoms with E-state index in [0.717, 1.165) is 73.2 Å². The Morgan fingerprint density at radius 1 is 1.03 bits per heavy atom. The molecule has 5 rings (SSSR count). The predicted molar refractivity (Wildman–Crippen MR) is 134 cm³/mol. The molecule has 2 aliphatic heterocycles. The number of piperazine rings is 1. The van der Waals surface area contributed by atoms with Crippen molar-refractivity contribution in [1.29, 1.82) is 0 Å². The first-order chi connectivity index (χ1) is 16.2. The Hall–Kier alpha value is -3.02. The van der Waals surface area contributed by atoms with Crippen molar-refractivity contribution in [2.24, 2.45) is 0 Å². The Morgan fingerprint density at radius 3 is 2.64 bits per heavy atom. The molecule has 2 aromatic carbocycles. The molecule has 0 bridgehead atoms. The molecule has 6 heteroatoms. The van der Waals surface area contributed by atoms with E-state index in [1.54, 1.807) is 13.3 Å². The highest BCUT2D eigenvalue weighted by atomic mass is 35.5. The van der Waals surface area contributed by atoms with E-state index in [-0.39, 0.29) is 0 Å². The van der Waals surface area contributed by atoms with Gasteiger partial charge in [0.25, 0.3) is 0 Å². The van der Waals surface area contributed by atoms with Crippen molar-refractivity contribution in [3.8, 4) is 17.4 Å². The smallest absolute Gasteiger partial charge is 0.226 e. The van der Waals surface area contributed by atoms with E-state index < -0.39 is 0 Å². The maximum Gasteiger partial charge on any atom is 0.226 e. The number of fused-ring (bicyclic) bond motifs is 2. The topological polar surface area (TPSA) is 37.8 Å². The molecule has 3 aromatic rings. The van der Waals surface area contributed by atoms with Crippen LogP contribution in [0, 0.1) is 0 Å². The summed E-state index contributed by atoms with van der Waals surface area (Å²) in [4.78, 5) is 9.46. The van der Waals surface area contributed by atoms with Gasteiger partial charge in [-0.2, -0.15) is 0 Å². The van der Waals surface area contributed by atoms with Crippen LogP contribution < -0.4 is 14.4 Å². The minimum atomic E-state index is 0.660. The summed E-state index contributed by atoms with van der Waals surface area (Å²) in [6.07, 6.45) is 5.87. The van der Waals surface area contributed by atoms with Crippen LogP contribution in [0.5, 0.6) is 17.4 Å². The first kappa shape index (κ1) is 21.8. The number of methoxy groups -OCH3 is 1. The highest BCUT2D eigenvalue weighted by Gasteiger charge is 2.22. The molecule has 0 atom stereocenters. The van der Waals surface area contributed by atoms with E-state index >= 15 is 0 Å². The molecular weight excluding hydrogens is 434 g/mol. The van der Waals surface area contributed by atoms with Crippen molar-refractivity contribution < 1.29 is 9.47 Å². The molecule has 0 amide bonds. The first-order valence-electron chi connectivity index (χ1n) is 11.4. The van der Waals surface area contributed by atoms with E-state index in [0.29, 0.717) is 5.88 Å². The molecule has 170 valence electrons. The molecule has 0 unspecified atom stereocenters. The Balaban J connectivity index is 1.27. The van der Waals surface area contributed by atoms with E-state index in [9.17, 15) is 0 Å². The second-order valence-electron chi connectivity index (χ2n) is 8.40. The average molecular weight is 462 g/mol. The predicted octanol–water partition coefficient (Wildman–Crippen LogP) is 5.69. The van der Waals surface area contributed by atoms with Crippen LogP contribution in [0.3, 0.4) is 0 Å². The number of ether oxygens (including phenoxy) is 2. The Bertz CT molecular complexity index is 1140. The van der Waals surface area contributed by atoms with Gasteiger partial charge in [0.05, 0.1) is 7.11 Å². The molecule has 2 aliphatic rings. The molecule has 0 aliphatic carbocycles. The summed E-state index contributed by atoms with van der Waals surface area (Å²) < 4.78 is 11.8. The normalized spacial score (nSPS) is 17.2. The molecule has 0 radical (unpaired) electrons. The highest BCUT2D eigenvalue weighted by Crippen LogP contribution is 2.41. The molecule has 5 nitrogen and oxygen atoms in total. The Kier molecular flexibility index (Phi) is 6.51. The van der Waals surface area contributed by atoms with Crippen molar-refractivity contribution in [2.75, 3.05) is 44.7 Å². The van der Waals surface area contributed by atoms with Crippen LogP contribution in [-0.4, -0.2) is 49.7 Å². The third kappa shape index (κ3) is 4.85. The van der Waals surface area contributed by atoms with E-state index in [4.69, 9.17) is 21.1 Å². The summed E-state index contributed by atoms with van der Waals surface area (Å²) >= 11 is 6.03. The maximum absolute atomic E-state index is 6.18. The number of pyridine rings is 1. The van der Waals surface area contributed by atoms with Gasteiger partial charge in [-0.05, 0) is 60.5 Å². The molecular formula is C27H28ClN3O2. The fourth-order valence-electron chi connectivity index (χ4n) is 4.60. The van der Waals surface area contributed by atoms with Gasteiger partial charge < -0.3 is 14.4 Å². The number of anilines is 1. The molecule has 1 saturated heterocycles. The fourth-order valence-corrected chi connectivity index (χ4v) is 4.72. The summed E-state index contributed by atoms with van der Waals surface area (Å²) in [5.41, 5.74) is 4.61. The Morgan fingerprint density at radius 2 is 1.85 bits per heavy atom. The zero-order valence-corrected chi connectivity index (χ0v) is 19.6.